The van der Waals surface area contributed by atoms with Gasteiger partial charge in [-0.25, -0.2) is 0 Å². The maximum atomic E-state index is 5.97. The average molecular weight is 287 g/mol. The van der Waals surface area contributed by atoms with Crippen LogP contribution in [0.4, 0.5) is 0 Å². The molecule has 0 aromatic heterocycles. The van der Waals surface area contributed by atoms with Crippen molar-refractivity contribution in [2.75, 3.05) is 26.2 Å². The number of unbranched alkanes of at least 4 members (excludes halogenated alkanes) is 1. The average Bonchev–Trinajstić information content (AvgIpc) is 2.50. The Morgan fingerprint density at radius 1 is 1.19 bits per heavy atom. The van der Waals surface area contributed by atoms with E-state index in [1.165, 1.54) is 56.4 Å². The summed E-state index contributed by atoms with van der Waals surface area (Å²) >= 11 is 0. The van der Waals surface area contributed by atoms with Crippen LogP contribution in [0.15, 0.2) is 30.9 Å². The van der Waals surface area contributed by atoms with Crippen LogP contribution in [0.5, 0.6) is 5.75 Å². The van der Waals surface area contributed by atoms with Gasteiger partial charge in [-0.15, -0.1) is 6.58 Å². The van der Waals surface area contributed by atoms with Gasteiger partial charge in [-0.1, -0.05) is 30.2 Å². The molecule has 2 nitrogen and oxygen atoms in total. The van der Waals surface area contributed by atoms with Gasteiger partial charge in [-0.2, -0.15) is 0 Å². The summed E-state index contributed by atoms with van der Waals surface area (Å²) < 4.78 is 5.97. The Hall–Kier alpha value is -1.28. The summed E-state index contributed by atoms with van der Waals surface area (Å²) in [5, 5.41) is 0. The number of ether oxygens (including phenoxy) is 1. The van der Waals surface area contributed by atoms with Crippen molar-refractivity contribution < 1.29 is 4.74 Å². The van der Waals surface area contributed by atoms with E-state index in [0.29, 0.717) is 0 Å². The fraction of sp³-hybridized carbons (Fsp3) is 0.579. The molecular formula is C19H29NO. The summed E-state index contributed by atoms with van der Waals surface area (Å²) in [7, 11) is 0. The molecule has 0 radical (unpaired) electrons. The van der Waals surface area contributed by atoms with Crippen LogP contribution < -0.4 is 4.74 Å². The second-order valence-electron chi connectivity index (χ2n) is 6.06. The molecular weight excluding hydrogens is 258 g/mol. The molecule has 2 heteroatoms. The highest BCUT2D eigenvalue weighted by atomic mass is 16.5. The Bertz CT molecular complexity index is 435. The van der Waals surface area contributed by atoms with Crippen molar-refractivity contribution >= 4 is 0 Å². The predicted octanol–water partition coefficient (Wildman–Crippen LogP) is 4.37. The minimum Gasteiger partial charge on any atom is -0.493 e. The van der Waals surface area contributed by atoms with Crippen LogP contribution in [0.1, 0.15) is 43.2 Å². The van der Waals surface area contributed by atoms with Gasteiger partial charge in [0.15, 0.2) is 0 Å². The SMILES string of the molecule is C=CCc1cc(C)ccc1OCCCCN1CCCCC1. The van der Waals surface area contributed by atoms with E-state index in [2.05, 4.69) is 36.6 Å². The third-order valence-electron chi connectivity index (χ3n) is 4.16. The Morgan fingerprint density at radius 2 is 2.00 bits per heavy atom. The molecule has 1 aliphatic heterocycles. The molecule has 1 saturated heterocycles. The molecule has 0 amide bonds. The van der Waals surface area contributed by atoms with Crippen LogP contribution in [0.3, 0.4) is 0 Å². The highest BCUT2D eigenvalue weighted by Gasteiger charge is 2.09. The normalized spacial score (nSPS) is 15.9. The molecule has 0 spiro atoms. The summed E-state index contributed by atoms with van der Waals surface area (Å²) in [6.45, 7) is 10.6. The van der Waals surface area contributed by atoms with E-state index in [1.54, 1.807) is 0 Å². The standard InChI is InChI=1S/C19H29NO/c1-3-9-18-16-17(2)10-11-19(18)21-15-8-7-14-20-12-5-4-6-13-20/h3,10-11,16H,1,4-9,12-15H2,2H3. The predicted molar refractivity (Wildman–Crippen MR) is 90.1 cm³/mol. The van der Waals surface area contributed by atoms with Crippen LogP contribution in [-0.4, -0.2) is 31.1 Å². The van der Waals surface area contributed by atoms with Crippen LogP contribution >= 0.6 is 0 Å². The van der Waals surface area contributed by atoms with E-state index < -0.39 is 0 Å². The van der Waals surface area contributed by atoms with Gasteiger partial charge in [0.25, 0.3) is 0 Å². The fourth-order valence-electron chi connectivity index (χ4n) is 2.97. The summed E-state index contributed by atoms with van der Waals surface area (Å²) in [6, 6.07) is 6.42. The quantitative estimate of drug-likeness (QED) is 0.520. The van der Waals surface area contributed by atoms with Crippen molar-refractivity contribution in [2.24, 2.45) is 0 Å². The third kappa shape index (κ3) is 5.55. The topological polar surface area (TPSA) is 12.5 Å². The van der Waals surface area contributed by atoms with E-state index in [9.17, 15) is 0 Å². The minimum absolute atomic E-state index is 0.820. The maximum Gasteiger partial charge on any atom is 0.122 e. The molecule has 1 fully saturated rings. The van der Waals surface area contributed by atoms with Crippen molar-refractivity contribution in [3.63, 3.8) is 0 Å². The molecule has 0 N–H and O–H groups in total. The van der Waals surface area contributed by atoms with Crippen LogP contribution in [-0.2, 0) is 6.42 Å². The van der Waals surface area contributed by atoms with E-state index in [-0.39, 0.29) is 0 Å². The zero-order valence-electron chi connectivity index (χ0n) is 13.4. The van der Waals surface area contributed by atoms with Gasteiger partial charge < -0.3 is 9.64 Å². The zero-order chi connectivity index (χ0) is 14.9. The summed E-state index contributed by atoms with van der Waals surface area (Å²) in [5.41, 5.74) is 2.53. The third-order valence-corrected chi connectivity index (χ3v) is 4.16. The zero-order valence-corrected chi connectivity index (χ0v) is 13.4. The van der Waals surface area contributed by atoms with Gasteiger partial charge in [0.2, 0.25) is 0 Å². The van der Waals surface area contributed by atoms with Gasteiger partial charge >= 0.3 is 0 Å². The lowest BCUT2D eigenvalue weighted by Crippen LogP contribution is -2.30. The molecule has 116 valence electrons. The number of likely N-dealkylation sites (tertiary alicyclic amines) is 1. The lowest BCUT2D eigenvalue weighted by atomic mass is 10.1. The molecule has 0 unspecified atom stereocenters. The number of allylic oxidation sites excluding steroid dienone is 1. The smallest absolute Gasteiger partial charge is 0.122 e. The first kappa shape index (κ1) is 16.1. The molecule has 1 heterocycles. The van der Waals surface area contributed by atoms with Gasteiger partial charge in [0.05, 0.1) is 6.61 Å². The summed E-state index contributed by atoms with van der Waals surface area (Å²) in [6.07, 6.45) is 9.37. The number of nitrogens with zero attached hydrogens (tertiary/aromatic N) is 1. The van der Waals surface area contributed by atoms with Crippen molar-refractivity contribution in [1.29, 1.82) is 0 Å². The van der Waals surface area contributed by atoms with Crippen LogP contribution in [0.25, 0.3) is 0 Å². The molecule has 0 atom stereocenters. The van der Waals surface area contributed by atoms with E-state index in [4.69, 9.17) is 4.74 Å². The molecule has 1 aromatic rings. The van der Waals surface area contributed by atoms with Crippen LogP contribution in [0.2, 0.25) is 0 Å². The Morgan fingerprint density at radius 3 is 2.76 bits per heavy atom. The highest BCUT2D eigenvalue weighted by Crippen LogP contribution is 2.21. The first-order chi connectivity index (χ1) is 10.3. The largest absolute Gasteiger partial charge is 0.493 e. The number of hydrogen-bond acceptors (Lipinski definition) is 2. The number of piperidine rings is 1. The van der Waals surface area contributed by atoms with Crippen molar-refractivity contribution in [3.05, 3.63) is 42.0 Å². The number of rotatable bonds is 8. The molecule has 0 saturated carbocycles. The number of aryl methyl sites for hydroxylation is 1. The van der Waals surface area contributed by atoms with Crippen molar-refractivity contribution in [1.82, 2.24) is 4.90 Å². The second kappa shape index (κ2) is 8.89. The molecule has 1 aromatic carbocycles. The second-order valence-corrected chi connectivity index (χ2v) is 6.06. The number of benzene rings is 1. The molecule has 2 rings (SSSR count). The lowest BCUT2D eigenvalue weighted by Gasteiger charge is -2.26. The van der Waals surface area contributed by atoms with Gasteiger partial charge in [0.1, 0.15) is 5.75 Å². The minimum atomic E-state index is 0.820. The van der Waals surface area contributed by atoms with Gasteiger partial charge in [-0.3, -0.25) is 0 Å². The Labute approximate surface area is 129 Å². The van der Waals surface area contributed by atoms with Crippen molar-refractivity contribution in [2.45, 2.75) is 45.4 Å². The first-order valence-corrected chi connectivity index (χ1v) is 8.35. The van der Waals surface area contributed by atoms with E-state index >= 15 is 0 Å². The Balaban J connectivity index is 1.69. The molecule has 0 bridgehead atoms. The first-order valence-electron chi connectivity index (χ1n) is 8.35. The summed E-state index contributed by atoms with van der Waals surface area (Å²) in [4.78, 5) is 2.60. The number of hydrogen-bond donors (Lipinski definition) is 0. The fourth-order valence-corrected chi connectivity index (χ4v) is 2.97. The van der Waals surface area contributed by atoms with Crippen LogP contribution in [0, 0.1) is 6.92 Å². The lowest BCUT2D eigenvalue weighted by molar-refractivity contribution is 0.215. The van der Waals surface area contributed by atoms with Gasteiger partial charge in [-0.05, 0) is 70.3 Å². The highest BCUT2D eigenvalue weighted by molar-refractivity contribution is 5.38. The monoisotopic (exact) mass is 287 g/mol. The molecule has 0 aliphatic carbocycles. The van der Waals surface area contributed by atoms with E-state index in [0.717, 1.165) is 25.2 Å². The maximum absolute atomic E-state index is 5.97. The summed E-state index contributed by atoms with van der Waals surface area (Å²) in [5.74, 6) is 1.03. The molecule has 1 aliphatic rings. The van der Waals surface area contributed by atoms with E-state index in [1.807, 2.05) is 6.08 Å². The van der Waals surface area contributed by atoms with Crippen molar-refractivity contribution in [3.8, 4) is 5.75 Å². The molecule has 21 heavy (non-hydrogen) atoms. The van der Waals surface area contributed by atoms with Gasteiger partial charge in [0, 0.05) is 0 Å². The Kier molecular flexibility index (Phi) is 6.81.